The molecule has 7 nitrogen and oxygen atoms in total. The summed E-state index contributed by atoms with van der Waals surface area (Å²) >= 11 is 0. The van der Waals surface area contributed by atoms with Crippen LogP contribution in [0.1, 0.15) is 30.3 Å². The molecule has 1 N–H and O–H groups in total. The molecule has 1 aromatic heterocycles. The molecule has 4 rings (SSSR count). The van der Waals surface area contributed by atoms with E-state index in [0.29, 0.717) is 5.56 Å². The Labute approximate surface area is 155 Å². The molecule has 4 atom stereocenters. The number of ether oxygens (including phenoxy) is 2. The molecule has 0 unspecified atom stereocenters. The average Bonchev–Trinajstić information content (AvgIpc) is 3.27. The van der Waals surface area contributed by atoms with Gasteiger partial charge in [-0.1, -0.05) is 30.3 Å². The maximum absolute atomic E-state index is 10.2. The van der Waals surface area contributed by atoms with Gasteiger partial charge >= 0.3 is 0 Å². The Hall–Kier alpha value is -3.60. The van der Waals surface area contributed by atoms with Crippen molar-refractivity contribution in [2.45, 2.75) is 24.7 Å². The van der Waals surface area contributed by atoms with Gasteiger partial charge in [-0.05, 0) is 17.7 Å². The number of fused-ring (bicyclic) bond motifs is 2. The van der Waals surface area contributed by atoms with Crippen molar-refractivity contribution in [1.82, 2.24) is 0 Å². The van der Waals surface area contributed by atoms with Crippen molar-refractivity contribution in [2.24, 2.45) is 10.8 Å². The lowest BCUT2D eigenvalue weighted by Gasteiger charge is -2.48. The van der Waals surface area contributed by atoms with Gasteiger partial charge in [0, 0.05) is 6.92 Å². The first-order chi connectivity index (χ1) is 13.0. The highest BCUT2D eigenvalue weighted by Crippen LogP contribution is 2.69. The van der Waals surface area contributed by atoms with Crippen molar-refractivity contribution in [1.29, 1.82) is 21.2 Å². The zero-order chi connectivity index (χ0) is 19.3. The summed E-state index contributed by atoms with van der Waals surface area (Å²) in [4.78, 5) is 0. The molecule has 2 aromatic rings. The van der Waals surface area contributed by atoms with Gasteiger partial charge in [0.25, 0.3) is 0 Å². The van der Waals surface area contributed by atoms with E-state index in [1.165, 1.54) is 6.26 Å². The first kappa shape index (κ1) is 16.8. The third-order valence-electron chi connectivity index (χ3n) is 5.45. The Bertz CT molecular complexity index is 1010. The molecule has 0 aliphatic carbocycles. The number of furan rings is 1. The van der Waals surface area contributed by atoms with Gasteiger partial charge in [-0.3, -0.25) is 5.41 Å². The third-order valence-corrected chi connectivity index (χ3v) is 5.45. The van der Waals surface area contributed by atoms with E-state index in [1.807, 2.05) is 18.2 Å². The maximum atomic E-state index is 10.2. The van der Waals surface area contributed by atoms with Gasteiger partial charge < -0.3 is 13.9 Å². The van der Waals surface area contributed by atoms with Crippen LogP contribution in [0, 0.1) is 50.2 Å². The smallest absolute Gasteiger partial charge is 0.219 e. The summed E-state index contributed by atoms with van der Waals surface area (Å²) in [5, 5.41) is 38.9. The number of hydrogen-bond donors (Lipinski definition) is 1. The molecule has 2 aliphatic heterocycles. The summed E-state index contributed by atoms with van der Waals surface area (Å²) in [6.07, 6.45) is 0.215. The summed E-state index contributed by atoms with van der Waals surface area (Å²) in [6.45, 7) is 1.62. The first-order valence-electron chi connectivity index (χ1n) is 8.27. The summed E-state index contributed by atoms with van der Waals surface area (Å²) in [5.74, 6) is -2.47. The lowest BCUT2D eigenvalue weighted by molar-refractivity contribution is -0.257. The van der Waals surface area contributed by atoms with E-state index >= 15 is 0 Å². The predicted molar refractivity (Wildman–Crippen MR) is 90.6 cm³/mol. The zero-order valence-electron chi connectivity index (χ0n) is 14.3. The van der Waals surface area contributed by atoms with E-state index in [0.717, 1.165) is 0 Å². The monoisotopic (exact) mass is 358 g/mol. The summed E-state index contributed by atoms with van der Waals surface area (Å²) < 4.78 is 17.2. The molecular formula is C20H14N4O3. The van der Waals surface area contributed by atoms with Crippen LogP contribution in [-0.2, 0) is 9.47 Å². The summed E-state index contributed by atoms with van der Waals surface area (Å²) in [6, 6.07) is 18.2. The maximum Gasteiger partial charge on any atom is 0.219 e. The van der Waals surface area contributed by atoms with Gasteiger partial charge in [-0.15, -0.1) is 0 Å². The number of hydrogen-bond acceptors (Lipinski definition) is 7. The zero-order valence-corrected chi connectivity index (χ0v) is 14.3. The first-order valence-corrected chi connectivity index (χ1v) is 8.27. The van der Waals surface area contributed by atoms with Crippen molar-refractivity contribution < 1.29 is 13.9 Å². The van der Waals surface area contributed by atoms with E-state index < -0.39 is 34.5 Å². The lowest BCUT2D eigenvalue weighted by atomic mass is 9.53. The fourth-order valence-corrected chi connectivity index (χ4v) is 4.33. The molecule has 2 fully saturated rings. The van der Waals surface area contributed by atoms with Crippen LogP contribution in [0.25, 0.3) is 0 Å². The third kappa shape index (κ3) is 1.83. The predicted octanol–water partition coefficient (Wildman–Crippen LogP) is 3.40. The van der Waals surface area contributed by atoms with Crippen molar-refractivity contribution in [3.8, 4) is 18.2 Å². The summed E-state index contributed by atoms with van der Waals surface area (Å²) in [5.41, 5.74) is -3.24. The van der Waals surface area contributed by atoms with Gasteiger partial charge in [-0.2, -0.15) is 15.8 Å². The fraction of sp³-hybridized carbons (Fsp3) is 0.300. The molecule has 7 heteroatoms. The Kier molecular flexibility index (Phi) is 3.40. The van der Waals surface area contributed by atoms with E-state index in [2.05, 4.69) is 6.07 Å². The number of nitrogens with zero attached hydrogens (tertiary/aromatic N) is 3. The Morgan fingerprint density at radius 1 is 1.00 bits per heavy atom. The Morgan fingerprint density at radius 2 is 1.70 bits per heavy atom. The van der Waals surface area contributed by atoms with Crippen molar-refractivity contribution >= 4 is 5.90 Å². The Morgan fingerprint density at radius 3 is 2.26 bits per heavy atom. The average molecular weight is 358 g/mol. The molecule has 0 amide bonds. The highest BCUT2D eigenvalue weighted by Gasteiger charge is 2.80. The van der Waals surface area contributed by atoms with Crippen molar-refractivity contribution in [3.63, 3.8) is 0 Å². The largest absolute Gasteiger partial charge is 0.466 e. The SMILES string of the molecule is C[C@@]12OC(=N)[C@@](C#N)([C@H]1c1ccccc1)C(C#N)(C#N)[C@H](c1ccco1)O2. The van der Waals surface area contributed by atoms with Gasteiger partial charge in [-0.25, -0.2) is 0 Å². The molecule has 0 spiro atoms. The second-order valence-electron chi connectivity index (χ2n) is 6.76. The van der Waals surface area contributed by atoms with Gasteiger partial charge in [0.1, 0.15) is 5.76 Å². The van der Waals surface area contributed by atoms with Crippen LogP contribution in [0.3, 0.4) is 0 Å². The van der Waals surface area contributed by atoms with Crippen LogP contribution in [0.5, 0.6) is 0 Å². The molecule has 132 valence electrons. The lowest BCUT2D eigenvalue weighted by Crippen LogP contribution is -2.57. The summed E-state index contributed by atoms with van der Waals surface area (Å²) in [7, 11) is 0. The quantitative estimate of drug-likeness (QED) is 0.876. The van der Waals surface area contributed by atoms with E-state index in [-0.39, 0.29) is 5.76 Å². The fourth-order valence-electron chi connectivity index (χ4n) is 4.33. The minimum atomic E-state index is -2.03. The molecule has 2 saturated heterocycles. The number of rotatable bonds is 2. The van der Waals surface area contributed by atoms with E-state index in [1.54, 1.807) is 43.3 Å². The van der Waals surface area contributed by atoms with Crippen molar-refractivity contribution in [2.75, 3.05) is 0 Å². The van der Waals surface area contributed by atoms with Crippen molar-refractivity contribution in [3.05, 3.63) is 60.1 Å². The number of nitrogens with one attached hydrogen (secondary N) is 1. The van der Waals surface area contributed by atoms with E-state index in [4.69, 9.17) is 19.3 Å². The van der Waals surface area contributed by atoms with Crippen LogP contribution in [0.15, 0.2) is 53.1 Å². The number of nitriles is 3. The normalized spacial score (nSPS) is 33.3. The minimum Gasteiger partial charge on any atom is -0.466 e. The van der Waals surface area contributed by atoms with Crippen LogP contribution in [0.4, 0.5) is 0 Å². The second-order valence-corrected chi connectivity index (χ2v) is 6.76. The van der Waals surface area contributed by atoms with Crippen LogP contribution >= 0.6 is 0 Å². The molecule has 0 radical (unpaired) electrons. The topological polar surface area (TPSA) is 127 Å². The van der Waals surface area contributed by atoms with Gasteiger partial charge in [0.2, 0.25) is 17.1 Å². The van der Waals surface area contributed by atoms with Crippen LogP contribution < -0.4 is 0 Å². The highest BCUT2D eigenvalue weighted by atomic mass is 16.7. The van der Waals surface area contributed by atoms with Crippen LogP contribution in [-0.4, -0.2) is 11.7 Å². The molecule has 27 heavy (non-hydrogen) atoms. The second kappa shape index (κ2) is 5.45. The molecule has 2 bridgehead atoms. The van der Waals surface area contributed by atoms with Crippen LogP contribution in [0.2, 0.25) is 0 Å². The minimum absolute atomic E-state index is 0.230. The molecular weight excluding hydrogens is 344 g/mol. The van der Waals surface area contributed by atoms with Gasteiger partial charge in [0.15, 0.2) is 11.5 Å². The molecule has 0 saturated carbocycles. The van der Waals surface area contributed by atoms with Gasteiger partial charge in [0.05, 0.1) is 30.4 Å². The number of benzene rings is 1. The highest BCUT2D eigenvalue weighted by molar-refractivity contribution is 5.90. The Balaban J connectivity index is 2.06. The molecule has 2 aliphatic rings. The van der Waals surface area contributed by atoms with E-state index in [9.17, 15) is 15.8 Å². The molecule has 3 heterocycles. The molecule has 1 aromatic carbocycles. The standard InChI is InChI=1S/C20H14N4O3/c1-18-15(13-6-3-2-4-7-13)20(12-23,17(24)27-18)19(10-21,11-22)16(26-18)14-8-5-9-25-14/h2-9,15-16,24H,1H3/t15-,16-,18+,20+/m0/s1.